The molecule has 0 aliphatic rings. The van der Waals surface area contributed by atoms with Gasteiger partial charge in [0, 0.05) is 30.2 Å². The molecule has 3 aromatic rings. The highest BCUT2D eigenvalue weighted by Gasteiger charge is 2.15. The molecule has 0 saturated carbocycles. The second-order valence-electron chi connectivity index (χ2n) is 6.21. The van der Waals surface area contributed by atoms with Crippen molar-refractivity contribution in [2.24, 2.45) is 0 Å². The van der Waals surface area contributed by atoms with Crippen molar-refractivity contribution in [3.8, 4) is 11.4 Å². The molecule has 0 unspecified atom stereocenters. The number of hydrogen-bond donors (Lipinski definition) is 1. The van der Waals surface area contributed by atoms with Gasteiger partial charge >= 0.3 is 0 Å². The van der Waals surface area contributed by atoms with E-state index in [0.29, 0.717) is 24.3 Å². The van der Waals surface area contributed by atoms with Gasteiger partial charge in [0.1, 0.15) is 5.75 Å². The first-order valence-electron chi connectivity index (χ1n) is 8.65. The van der Waals surface area contributed by atoms with Gasteiger partial charge in [0.05, 0.1) is 24.9 Å². The zero-order valence-electron chi connectivity index (χ0n) is 15.6. The Morgan fingerprint density at radius 2 is 1.93 bits per heavy atom. The van der Waals surface area contributed by atoms with E-state index in [4.69, 9.17) is 4.74 Å². The molecular formula is C20H22N4O3. The predicted molar refractivity (Wildman–Crippen MR) is 103 cm³/mol. The Hall–Kier alpha value is -3.35. The van der Waals surface area contributed by atoms with E-state index in [2.05, 4.69) is 10.4 Å². The van der Waals surface area contributed by atoms with Crippen molar-refractivity contribution < 1.29 is 9.53 Å². The van der Waals surface area contributed by atoms with Gasteiger partial charge in [-0.05, 0) is 32.0 Å². The Morgan fingerprint density at radius 1 is 1.19 bits per heavy atom. The van der Waals surface area contributed by atoms with Crippen molar-refractivity contribution in [1.29, 1.82) is 0 Å². The summed E-state index contributed by atoms with van der Waals surface area (Å²) in [7, 11) is 1.44. The molecule has 0 bridgehead atoms. The summed E-state index contributed by atoms with van der Waals surface area (Å²) in [4.78, 5) is 25.0. The molecule has 1 N–H and O–H groups in total. The molecule has 2 aromatic heterocycles. The van der Waals surface area contributed by atoms with Crippen LogP contribution in [0, 0.1) is 13.8 Å². The molecule has 27 heavy (non-hydrogen) atoms. The van der Waals surface area contributed by atoms with Crippen molar-refractivity contribution >= 4 is 5.91 Å². The van der Waals surface area contributed by atoms with E-state index in [0.717, 1.165) is 11.4 Å². The molecule has 3 rings (SSSR count). The number of carbonyl (C=O) groups excluding carboxylic acids is 1. The highest BCUT2D eigenvalue weighted by Crippen LogP contribution is 2.17. The first-order valence-corrected chi connectivity index (χ1v) is 8.65. The molecule has 7 nitrogen and oxygen atoms in total. The van der Waals surface area contributed by atoms with Crippen LogP contribution in [0.5, 0.6) is 5.75 Å². The van der Waals surface area contributed by atoms with Crippen molar-refractivity contribution in [1.82, 2.24) is 19.7 Å². The number of hydrogen-bond acceptors (Lipinski definition) is 4. The Balaban J connectivity index is 1.80. The van der Waals surface area contributed by atoms with Gasteiger partial charge in [0.15, 0.2) is 0 Å². The van der Waals surface area contributed by atoms with Crippen LogP contribution in [-0.4, -0.2) is 33.9 Å². The molecule has 2 heterocycles. The molecule has 0 fully saturated rings. The van der Waals surface area contributed by atoms with Crippen LogP contribution in [0.15, 0.2) is 53.5 Å². The smallest absolute Gasteiger partial charge is 0.258 e. The number of pyridine rings is 1. The van der Waals surface area contributed by atoms with Gasteiger partial charge in [-0.2, -0.15) is 5.10 Å². The van der Waals surface area contributed by atoms with E-state index < -0.39 is 0 Å². The lowest BCUT2D eigenvalue weighted by Gasteiger charge is -2.13. The highest BCUT2D eigenvalue weighted by molar-refractivity contribution is 5.96. The van der Waals surface area contributed by atoms with Gasteiger partial charge in [-0.1, -0.05) is 18.2 Å². The minimum atomic E-state index is -0.307. The summed E-state index contributed by atoms with van der Waals surface area (Å²) in [6, 6.07) is 12.4. The van der Waals surface area contributed by atoms with E-state index in [1.165, 1.54) is 23.9 Å². The Bertz CT molecular complexity index is 1010. The van der Waals surface area contributed by atoms with Crippen molar-refractivity contribution in [2.45, 2.75) is 20.4 Å². The maximum Gasteiger partial charge on any atom is 0.258 e. The lowest BCUT2D eigenvalue weighted by atomic mass is 10.2. The monoisotopic (exact) mass is 366 g/mol. The van der Waals surface area contributed by atoms with Gasteiger partial charge < -0.3 is 10.1 Å². The molecule has 0 aliphatic heterocycles. The number of nitrogens with zero attached hydrogens (tertiary/aromatic N) is 3. The van der Waals surface area contributed by atoms with Crippen molar-refractivity contribution in [3.05, 3.63) is 76.0 Å². The summed E-state index contributed by atoms with van der Waals surface area (Å²) in [6.45, 7) is 4.88. The summed E-state index contributed by atoms with van der Waals surface area (Å²) in [6.07, 6.45) is 1.51. The second-order valence-corrected chi connectivity index (χ2v) is 6.21. The Kier molecular flexibility index (Phi) is 5.40. The lowest BCUT2D eigenvalue weighted by molar-refractivity contribution is 0.0948. The Labute approximate surface area is 157 Å². The minimum absolute atomic E-state index is 0.246. The fourth-order valence-corrected chi connectivity index (χ4v) is 2.92. The molecule has 1 aromatic carbocycles. The third-order valence-corrected chi connectivity index (χ3v) is 4.23. The third-order valence-electron chi connectivity index (χ3n) is 4.23. The summed E-state index contributed by atoms with van der Waals surface area (Å²) >= 11 is 0. The number of rotatable bonds is 6. The summed E-state index contributed by atoms with van der Waals surface area (Å²) < 4.78 is 8.51. The first kappa shape index (κ1) is 18.4. The summed E-state index contributed by atoms with van der Waals surface area (Å²) in [5, 5.41) is 7.24. The van der Waals surface area contributed by atoms with Crippen LogP contribution >= 0.6 is 0 Å². The first-order chi connectivity index (χ1) is 13.0. The molecule has 1 amide bonds. The highest BCUT2D eigenvalue weighted by atomic mass is 16.5. The predicted octanol–water partition coefficient (Wildman–Crippen LogP) is 2.09. The number of benzene rings is 1. The van der Waals surface area contributed by atoms with E-state index >= 15 is 0 Å². The number of ether oxygens (including phenoxy) is 1. The number of nitrogens with one attached hydrogen (secondary N) is 1. The van der Waals surface area contributed by atoms with Crippen LogP contribution in [0.3, 0.4) is 0 Å². The molecule has 7 heteroatoms. The standard InChI is InChI=1S/C20H22N4O3/c1-14-11-15(2)24(22-14)10-9-21-20(26)17-13-23(16-7-5-4-6-8-16)19(25)12-18(17)27-3/h4-8,11-13H,9-10H2,1-3H3,(H,21,26). The van der Waals surface area contributed by atoms with Crippen LogP contribution in [0.1, 0.15) is 21.7 Å². The number of aromatic nitrogens is 3. The summed E-state index contributed by atoms with van der Waals surface area (Å²) in [5.74, 6) is -0.0612. The molecule has 0 spiro atoms. The Morgan fingerprint density at radius 3 is 2.56 bits per heavy atom. The molecule has 0 radical (unpaired) electrons. The van der Waals surface area contributed by atoms with Gasteiger partial charge in [-0.15, -0.1) is 0 Å². The normalized spacial score (nSPS) is 10.6. The zero-order valence-corrected chi connectivity index (χ0v) is 15.6. The largest absolute Gasteiger partial charge is 0.496 e. The fourth-order valence-electron chi connectivity index (χ4n) is 2.92. The minimum Gasteiger partial charge on any atom is -0.496 e. The van der Waals surface area contributed by atoms with E-state index in [9.17, 15) is 9.59 Å². The van der Waals surface area contributed by atoms with Crippen LogP contribution in [0.2, 0.25) is 0 Å². The van der Waals surface area contributed by atoms with Crippen molar-refractivity contribution in [2.75, 3.05) is 13.7 Å². The third kappa shape index (κ3) is 4.08. The van der Waals surface area contributed by atoms with Gasteiger partial charge in [-0.25, -0.2) is 0 Å². The summed E-state index contributed by atoms with van der Waals surface area (Å²) in [5.41, 5.74) is 2.70. The quantitative estimate of drug-likeness (QED) is 0.725. The zero-order chi connectivity index (χ0) is 19.4. The van der Waals surface area contributed by atoms with Crippen molar-refractivity contribution in [3.63, 3.8) is 0 Å². The average Bonchev–Trinajstić information content (AvgIpc) is 2.99. The van der Waals surface area contributed by atoms with Gasteiger partial charge in [0.25, 0.3) is 11.5 Å². The van der Waals surface area contributed by atoms with E-state index in [-0.39, 0.29) is 17.2 Å². The van der Waals surface area contributed by atoms with Crippen LogP contribution in [-0.2, 0) is 6.54 Å². The van der Waals surface area contributed by atoms with E-state index in [1.54, 1.807) is 12.1 Å². The van der Waals surface area contributed by atoms with Crippen LogP contribution in [0.25, 0.3) is 5.69 Å². The van der Waals surface area contributed by atoms with Crippen LogP contribution in [0.4, 0.5) is 0 Å². The number of methoxy groups -OCH3 is 1. The van der Waals surface area contributed by atoms with Crippen LogP contribution < -0.4 is 15.6 Å². The molecule has 140 valence electrons. The maximum atomic E-state index is 12.7. The van der Waals surface area contributed by atoms with E-state index in [1.807, 2.05) is 42.8 Å². The number of para-hydroxylation sites is 1. The molecular weight excluding hydrogens is 344 g/mol. The lowest BCUT2D eigenvalue weighted by Crippen LogP contribution is -2.30. The molecule has 0 aliphatic carbocycles. The number of amides is 1. The SMILES string of the molecule is COc1cc(=O)n(-c2ccccc2)cc1C(=O)NCCn1nc(C)cc1C. The number of carbonyl (C=O) groups is 1. The van der Waals surface area contributed by atoms with Gasteiger partial charge in [0.2, 0.25) is 0 Å². The fraction of sp³-hybridized carbons (Fsp3) is 0.250. The van der Waals surface area contributed by atoms with Gasteiger partial charge in [-0.3, -0.25) is 18.8 Å². The number of aryl methyl sites for hydroxylation is 2. The maximum absolute atomic E-state index is 12.7. The topological polar surface area (TPSA) is 78.1 Å². The molecule has 0 atom stereocenters. The molecule has 0 saturated heterocycles. The second kappa shape index (κ2) is 7.90. The average molecular weight is 366 g/mol.